The second kappa shape index (κ2) is 1.81. The fourth-order valence-electron chi connectivity index (χ4n) is 1.22. The average molecular weight is 140 g/mol. The van der Waals surface area contributed by atoms with E-state index in [-0.39, 0.29) is 5.92 Å². The first kappa shape index (κ1) is 5.89. The summed E-state index contributed by atoms with van der Waals surface area (Å²) in [6.45, 7) is 0. The van der Waals surface area contributed by atoms with E-state index in [4.69, 9.17) is 0 Å². The first-order chi connectivity index (χ1) is 4.79. The third-order valence-electron chi connectivity index (χ3n) is 1.95. The molecule has 1 fully saturated rings. The Morgan fingerprint density at radius 3 is 2.90 bits per heavy atom. The van der Waals surface area contributed by atoms with E-state index in [1.54, 1.807) is 10.9 Å². The fraction of sp³-hybridized carbons (Fsp3) is 0.571. The molecule has 2 nitrogen and oxygen atoms in total. The van der Waals surface area contributed by atoms with E-state index in [0.29, 0.717) is 6.42 Å². The van der Waals surface area contributed by atoms with Crippen molar-refractivity contribution in [3.05, 3.63) is 18.0 Å². The molecule has 0 radical (unpaired) electrons. The number of halogens is 1. The number of hydrogen-bond donors (Lipinski definition) is 0. The monoisotopic (exact) mass is 140 g/mol. The second-order valence-electron chi connectivity index (χ2n) is 2.74. The van der Waals surface area contributed by atoms with Crippen LogP contribution in [0.4, 0.5) is 4.39 Å². The Bertz CT molecular complexity index is 244. The molecule has 0 unspecified atom stereocenters. The van der Waals surface area contributed by atoms with E-state index in [9.17, 15) is 4.39 Å². The smallest absolute Gasteiger partial charge is 0.109 e. The van der Waals surface area contributed by atoms with Gasteiger partial charge in [0.15, 0.2) is 0 Å². The van der Waals surface area contributed by atoms with Crippen molar-refractivity contribution in [3.8, 4) is 0 Å². The molecule has 54 valence electrons. The first-order valence-corrected chi connectivity index (χ1v) is 3.41. The lowest BCUT2D eigenvalue weighted by Gasteiger charge is -1.95. The number of rotatable bonds is 1. The molecule has 2 atom stereocenters. The molecule has 3 heteroatoms. The lowest BCUT2D eigenvalue weighted by atomic mass is 10.3. The molecule has 0 N–H and O–H groups in total. The van der Waals surface area contributed by atoms with Gasteiger partial charge in [-0.25, -0.2) is 4.39 Å². The number of nitrogens with zero attached hydrogens (tertiary/aromatic N) is 2. The van der Waals surface area contributed by atoms with E-state index < -0.39 is 6.17 Å². The lowest BCUT2D eigenvalue weighted by molar-refractivity contribution is 0.463. The van der Waals surface area contributed by atoms with E-state index in [2.05, 4.69) is 5.10 Å². The highest BCUT2D eigenvalue weighted by Gasteiger charge is 2.40. The molecule has 0 aliphatic heterocycles. The predicted molar refractivity (Wildman–Crippen MR) is 35.5 cm³/mol. The van der Waals surface area contributed by atoms with E-state index in [0.717, 1.165) is 5.69 Å². The van der Waals surface area contributed by atoms with Gasteiger partial charge in [-0.3, -0.25) is 4.68 Å². The van der Waals surface area contributed by atoms with Crippen LogP contribution in [0.3, 0.4) is 0 Å². The van der Waals surface area contributed by atoms with Gasteiger partial charge < -0.3 is 0 Å². The van der Waals surface area contributed by atoms with Crippen LogP contribution in [0.15, 0.2) is 12.3 Å². The zero-order chi connectivity index (χ0) is 7.14. The van der Waals surface area contributed by atoms with Gasteiger partial charge in [-0.1, -0.05) is 0 Å². The Hall–Kier alpha value is -0.860. The first-order valence-electron chi connectivity index (χ1n) is 3.41. The summed E-state index contributed by atoms with van der Waals surface area (Å²) in [7, 11) is 1.85. The second-order valence-corrected chi connectivity index (χ2v) is 2.74. The summed E-state index contributed by atoms with van der Waals surface area (Å²) in [5, 5.41) is 3.96. The van der Waals surface area contributed by atoms with E-state index in [1.807, 2.05) is 13.1 Å². The van der Waals surface area contributed by atoms with Gasteiger partial charge in [0.1, 0.15) is 6.17 Å². The Morgan fingerprint density at radius 1 is 1.80 bits per heavy atom. The van der Waals surface area contributed by atoms with E-state index in [1.165, 1.54) is 0 Å². The number of alkyl halides is 1. The molecule has 1 aromatic rings. The Morgan fingerprint density at radius 2 is 2.50 bits per heavy atom. The van der Waals surface area contributed by atoms with Gasteiger partial charge >= 0.3 is 0 Å². The standard InChI is InChI=1S/C7H9FN2/c1-10-7(2-3-9-10)5-4-6(5)8/h2-3,5-6H,4H2,1H3/t5-,6+/m1/s1. The quantitative estimate of drug-likeness (QED) is 0.574. The van der Waals surface area contributed by atoms with Crippen LogP contribution >= 0.6 is 0 Å². The third kappa shape index (κ3) is 0.735. The Kier molecular flexibility index (Phi) is 1.07. The van der Waals surface area contributed by atoms with Crippen LogP contribution in [0.2, 0.25) is 0 Å². The highest BCUT2D eigenvalue weighted by Crippen LogP contribution is 2.42. The minimum Gasteiger partial charge on any atom is -0.272 e. The molecule has 0 aromatic carbocycles. The van der Waals surface area contributed by atoms with Crippen molar-refractivity contribution in [2.45, 2.75) is 18.5 Å². The zero-order valence-corrected chi connectivity index (χ0v) is 5.79. The SMILES string of the molecule is Cn1nccc1[C@@H]1C[C@@H]1F. The van der Waals surface area contributed by atoms with Gasteiger partial charge in [-0.15, -0.1) is 0 Å². The average Bonchev–Trinajstić information content (AvgIpc) is 2.42. The fourth-order valence-corrected chi connectivity index (χ4v) is 1.22. The molecule has 0 bridgehead atoms. The van der Waals surface area contributed by atoms with Gasteiger partial charge in [0.2, 0.25) is 0 Å². The van der Waals surface area contributed by atoms with Crippen LogP contribution in [0.25, 0.3) is 0 Å². The molecular formula is C7H9FN2. The minimum absolute atomic E-state index is 0.132. The molecule has 1 heterocycles. The molecule has 0 saturated heterocycles. The molecule has 2 rings (SSSR count). The summed E-state index contributed by atoms with van der Waals surface area (Å²) < 4.78 is 14.2. The zero-order valence-electron chi connectivity index (χ0n) is 5.79. The lowest BCUT2D eigenvalue weighted by Crippen LogP contribution is -1.96. The van der Waals surface area contributed by atoms with Crippen LogP contribution in [0.5, 0.6) is 0 Å². The summed E-state index contributed by atoms with van der Waals surface area (Å²) in [6.07, 6.45) is 1.77. The maximum atomic E-state index is 12.5. The largest absolute Gasteiger partial charge is 0.272 e. The summed E-state index contributed by atoms with van der Waals surface area (Å²) >= 11 is 0. The summed E-state index contributed by atoms with van der Waals surface area (Å²) in [5.41, 5.74) is 1.02. The van der Waals surface area contributed by atoms with Crippen molar-refractivity contribution < 1.29 is 4.39 Å². The van der Waals surface area contributed by atoms with Crippen molar-refractivity contribution in [2.75, 3.05) is 0 Å². The van der Waals surface area contributed by atoms with Gasteiger partial charge in [-0.2, -0.15) is 5.10 Å². The molecule has 0 spiro atoms. The third-order valence-corrected chi connectivity index (χ3v) is 1.95. The summed E-state index contributed by atoms with van der Waals surface area (Å²) in [6, 6.07) is 1.88. The normalized spacial score (nSPS) is 30.6. The van der Waals surface area contributed by atoms with Gasteiger partial charge in [-0.05, 0) is 12.5 Å². The molecule has 1 aromatic heterocycles. The molecule has 0 amide bonds. The Labute approximate surface area is 58.7 Å². The maximum Gasteiger partial charge on any atom is 0.109 e. The summed E-state index contributed by atoms with van der Waals surface area (Å²) in [5.74, 6) is 0.132. The predicted octanol–water partition coefficient (Wildman–Crippen LogP) is 1.25. The van der Waals surface area contributed by atoms with E-state index >= 15 is 0 Å². The summed E-state index contributed by atoms with van der Waals surface area (Å²) in [4.78, 5) is 0. The molecule has 1 aliphatic rings. The number of hydrogen-bond acceptors (Lipinski definition) is 1. The van der Waals surface area contributed by atoms with Crippen molar-refractivity contribution in [1.82, 2.24) is 9.78 Å². The Balaban J connectivity index is 2.26. The number of aromatic nitrogens is 2. The highest BCUT2D eigenvalue weighted by atomic mass is 19.1. The van der Waals surface area contributed by atoms with Crippen molar-refractivity contribution in [2.24, 2.45) is 7.05 Å². The molecule has 1 saturated carbocycles. The van der Waals surface area contributed by atoms with Crippen LogP contribution < -0.4 is 0 Å². The van der Waals surface area contributed by atoms with Crippen LogP contribution in [-0.2, 0) is 7.05 Å². The highest BCUT2D eigenvalue weighted by molar-refractivity contribution is 5.17. The molecule has 10 heavy (non-hydrogen) atoms. The van der Waals surface area contributed by atoms with Crippen molar-refractivity contribution in [3.63, 3.8) is 0 Å². The van der Waals surface area contributed by atoms with Gasteiger partial charge in [0, 0.05) is 24.9 Å². The van der Waals surface area contributed by atoms with Gasteiger partial charge in [0.25, 0.3) is 0 Å². The van der Waals surface area contributed by atoms with Crippen LogP contribution in [0.1, 0.15) is 18.0 Å². The van der Waals surface area contributed by atoms with Crippen molar-refractivity contribution >= 4 is 0 Å². The van der Waals surface area contributed by atoms with Gasteiger partial charge in [0.05, 0.1) is 0 Å². The molecule has 1 aliphatic carbocycles. The minimum atomic E-state index is -0.615. The molecular weight excluding hydrogens is 131 g/mol. The topological polar surface area (TPSA) is 17.8 Å². The van der Waals surface area contributed by atoms with Crippen molar-refractivity contribution in [1.29, 1.82) is 0 Å². The van der Waals surface area contributed by atoms with Crippen LogP contribution in [-0.4, -0.2) is 16.0 Å². The van der Waals surface area contributed by atoms with Crippen LogP contribution in [0, 0.1) is 0 Å². The number of aryl methyl sites for hydroxylation is 1. The maximum absolute atomic E-state index is 12.5.